The summed E-state index contributed by atoms with van der Waals surface area (Å²) in [6, 6.07) is 0.0694. The maximum Gasteiger partial charge on any atom is 0.208 e. The van der Waals surface area contributed by atoms with Crippen molar-refractivity contribution in [3.63, 3.8) is 0 Å². The van der Waals surface area contributed by atoms with Crippen LogP contribution in [0.4, 0.5) is 0 Å². The molecule has 10 heavy (non-hydrogen) atoms. The van der Waals surface area contributed by atoms with E-state index in [1.807, 2.05) is 13.8 Å². The summed E-state index contributed by atoms with van der Waals surface area (Å²) in [4.78, 5) is 0. The molecule has 1 atom stereocenters. The highest BCUT2D eigenvalue weighted by Gasteiger charge is 2.05. The van der Waals surface area contributed by atoms with Crippen LogP contribution in [-0.4, -0.2) is 20.7 Å². The molecule has 0 unspecified atom stereocenters. The van der Waals surface area contributed by atoms with E-state index in [0.29, 0.717) is 0 Å². The molecule has 0 aromatic heterocycles. The summed E-state index contributed by atoms with van der Waals surface area (Å²) in [5.74, 6) is 0. The first kappa shape index (κ1) is 9.91. The van der Waals surface area contributed by atoms with E-state index in [4.69, 9.17) is 0 Å². The van der Waals surface area contributed by atoms with Gasteiger partial charge in [0.1, 0.15) is 0 Å². The molecule has 0 rings (SSSR count). The van der Waals surface area contributed by atoms with E-state index in [9.17, 15) is 8.42 Å². The van der Waals surface area contributed by atoms with Crippen molar-refractivity contribution in [2.24, 2.45) is 0 Å². The maximum atomic E-state index is 10.6. The molecule has 0 aliphatic heterocycles. The second kappa shape index (κ2) is 3.93. The van der Waals surface area contributed by atoms with Gasteiger partial charge in [0.2, 0.25) is 10.0 Å². The monoisotopic (exact) mass is 165 g/mol. The second-order valence-electron chi connectivity index (χ2n) is 2.58. The predicted molar refractivity (Wildman–Crippen MR) is 42.3 cm³/mol. The van der Waals surface area contributed by atoms with Crippen LogP contribution in [0, 0.1) is 0 Å². The fraction of sp³-hybridized carbons (Fsp3) is 1.00. The molecule has 62 valence electrons. The lowest BCUT2D eigenvalue weighted by atomic mass is 10.2. The van der Waals surface area contributed by atoms with Gasteiger partial charge in [0.05, 0.1) is 6.26 Å². The summed E-state index contributed by atoms with van der Waals surface area (Å²) in [6.07, 6.45) is 3.08. The van der Waals surface area contributed by atoms with Gasteiger partial charge in [-0.3, -0.25) is 0 Å². The Bertz CT molecular complexity index is 174. The van der Waals surface area contributed by atoms with Crippen molar-refractivity contribution in [3.8, 4) is 0 Å². The molecule has 0 aromatic rings. The van der Waals surface area contributed by atoms with Gasteiger partial charge in [-0.05, 0) is 13.3 Å². The molecule has 0 saturated heterocycles. The SMILES string of the molecule is CCC[C@H](C)NS(C)(=O)=O. The molecule has 4 heteroatoms. The Morgan fingerprint density at radius 1 is 1.50 bits per heavy atom. The number of nitrogens with one attached hydrogen (secondary N) is 1. The van der Waals surface area contributed by atoms with Gasteiger partial charge < -0.3 is 0 Å². The molecule has 0 heterocycles. The van der Waals surface area contributed by atoms with Gasteiger partial charge in [0, 0.05) is 6.04 Å². The Balaban J connectivity index is 3.69. The Morgan fingerprint density at radius 2 is 2.00 bits per heavy atom. The molecule has 0 radical (unpaired) electrons. The Labute approximate surface area is 62.9 Å². The van der Waals surface area contributed by atoms with Crippen LogP contribution in [0.15, 0.2) is 0 Å². The van der Waals surface area contributed by atoms with Gasteiger partial charge in [0.15, 0.2) is 0 Å². The fourth-order valence-corrected chi connectivity index (χ4v) is 1.71. The molecule has 1 N–H and O–H groups in total. The highest BCUT2D eigenvalue weighted by molar-refractivity contribution is 7.88. The third kappa shape index (κ3) is 6.04. The van der Waals surface area contributed by atoms with Crippen molar-refractivity contribution in [1.82, 2.24) is 4.72 Å². The third-order valence-corrected chi connectivity index (χ3v) is 1.97. The highest BCUT2D eigenvalue weighted by Crippen LogP contribution is 1.95. The predicted octanol–water partition coefficient (Wildman–Crippen LogP) is 0.724. The lowest BCUT2D eigenvalue weighted by molar-refractivity contribution is 0.549. The van der Waals surface area contributed by atoms with Crippen molar-refractivity contribution in [1.29, 1.82) is 0 Å². The lowest BCUT2D eigenvalue weighted by Crippen LogP contribution is -2.31. The number of hydrogen-bond acceptors (Lipinski definition) is 2. The van der Waals surface area contributed by atoms with E-state index in [0.717, 1.165) is 12.8 Å². The summed E-state index contributed by atoms with van der Waals surface area (Å²) in [5, 5.41) is 0. The third-order valence-electron chi connectivity index (χ3n) is 1.14. The molecule has 0 aliphatic rings. The van der Waals surface area contributed by atoms with E-state index in [2.05, 4.69) is 4.72 Å². The van der Waals surface area contributed by atoms with Crippen molar-refractivity contribution in [3.05, 3.63) is 0 Å². The molecular formula is C6H15NO2S. The van der Waals surface area contributed by atoms with Crippen molar-refractivity contribution in [2.45, 2.75) is 32.7 Å². The first-order valence-corrected chi connectivity index (χ1v) is 5.32. The molecule has 3 nitrogen and oxygen atoms in total. The quantitative estimate of drug-likeness (QED) is 0.667. The molecule has 0 spiro atoms. The standard InChI is InChI=1S/C6H15NO2S/c1-4-5-6(2)7-10(3,8)9/h6-7H,4-5H2,1-3H3/t6-/m0/s1. The summed E-state index contributed by atoms with van der Waals surface area (Å²) in [5.41, 5.74) is 0. The largest absolute Gasteiger partial charge is 0.213 e. The van der Waals surface area contributed by atoms with Gasteiger partial charge >= 0.3 is 0 Å². The topological polar surface area (TPSA) is 46.2 Å². The Hall–Kier alpha value is -0.0900. The highest BCUT2D eigenvalue weighted by atomic mass is 32.2. The van der Waals surface area contributed by atoms with Gasteiger partial charge in [0.25, 0.3) is 0 Å². The lowest BCUT2D eigenvalue weighted by Gasteiger charge is -2.09. The second-order valence-corrected chi connectivity index (χ2v) is 4.36. The van der Waals surface area contributed by atoms with Crippen molar-refractivity contribution in [2.75, 3.05) is 6.26 Å². The van der Waals surface area contributed by atoms with Crippen LogP contribution in [0.5, 0.6) is 0 Å². The minimum absolute atomic E-state index is 0.0694. The molecule has 0 aliphatic carbocycles. The first-order valence-electron chi connectivity index (χ1n) is 3.43. The normalized spacial score (nSPS) is 15.1. The minimum atomic E-state index is -3.00. The zero-order valence-corrected chi connectivity index (χ0v) is 7.53. The Kier molecular flexibility index (Phi) is 3.89. The molecule has 0 aromatic carbocycles. The van der Waals surface area contributed by atoms with Gasteiger partial charge in [-0.15, -0.1) is 0 Å². The number of rotatable bonds is 4. The number of sulfonamides is 1. The Morgan fingerprint density at radius 3 is 2.30 bits per heavy atom. The molecular weight excluding hydrogens is 150 g/mol. The van der Waals surface area contributed by atoms with Crippen LogP contribution in [0.2, 0.25) is 0 Å². The van der Waals surface area contributed by atoms with Crippen LogP contribution in [0.3, 0.4) is 0 Å². The zero-order valence-electron chi connectivity index (χ0n) is 6.72. The zero-order chi connectivity index (χ0) is 8.20. The van der Waals surface area contributed by atoms with Crippen molar-refractivity contribution < 1.29 is 8.42 Å². The molecule has 0 bridgehead atoms. The fourth-order valence-electron chi connectivity index (χ4n) is 0.857. The summed E-state index contributed by atoms with van der Waals surface area (Å²) >= 11 is 0. The smallest absolute Gasteiger partial charge is 0.208 e. The van der Waals surface area contributed by atoms with Crippen LogP contribution in [0.1, 0.15) is 26.7 Å². The average Bonchev–Trinajstić information content (AvgIpc) is 1.59. The van der Waals surface area contributed by atoms with Crippen LogP contribution < -0.4 is 4.72 Å². The van der Waals surface area contributed by atoms with Crippen LogP contribution >= 0.6 is 0 Å². The summed E-state index contributed by atoms with van der Waals surface area (Å²) < 4.78 is 23.7. The van der Waals surface area contributed by atoms with Crippen molar-refractivity contribution >= 4 is 10.0 Å². The summed E-state index contributed by atoms with van der Waals surface area (Å²) in [7, 11) is -3.00. The van der Waals surface area contributed by atoms with Crippen LogP contribution in [0.25, 0.3) is 0 Å². The van der Waals surface area contributed by atoms with E-state index in [1.54, 1.807) is 0 Å². The van der Waals surface area contributed by atoms with Gasteiger partial charge in [-0.1, -0.05) is 13.3 Å². The van der Waals surface area contributed by atoms with Crippen LogP contribution in [-0.2, 0) is 10.0 Å². The molecule has 0 saturated carbocycles. The van der Waals surface area contributed by atoms with E-state index in [1.165, 1.54) is 6.26 Å². The maximum absolute atomic E-state index is 10.6. The van der Waals surface area contributed by atoms with E-state index >= 15 is 0 Å². The molecule has 0 fully saturated rings. The first-order chi connectivity index (χ1) is 4.45. The van der Waals surface area contributed by atoms with E-state index < -0.39 is 10.0 Å². The van der Waals surface area contributed by atoms with Gasteiger partial charge in [-0.2, -0.15) is 0 Å². The average molecular weight is 165 g/mol. The molecule has 0 amide bonds. The minimum Gasteiger partial charge on any atom is -0.213 e. The summed E-state index contributed by atoms with van der Waals surface area (Å²) in [6.45, 7) is 3.89. The van der Waals surface area contributed by atoms with Gasteiger partial charge in [-0.25, -0.2) is 13.1 Å². The number of hydrogen-bond donors (Lipinski definition) is 1. The van der Waals surface area contributed by atoms with E-state index in [-0.39, 0.29) is 6.04 Å².